The van der Waals surface area contributed by atoms with Crippen LogP contribution in [0, 0.1) is 5.41 Å². The van der Waals surface area contributed by atoms with E-state index in [2.05, 4.69) is 26.6 Å². The number of primary amides is 1. The Hall–Kier alpha value is -5.27. The van der Waals surface area contributed by atoms with Crippen LogP contribution in [0.2, 0.25) is 0 Å². The second-order valence-corrected chi connectivity index (χ2v) is 11.1. The van der Waals surface area contributed by atoms with Gasteiger partial charge in [0, 0.05) is 13.0 Å². The molecule has 0 radical (unpaired) electrons. The van der Waals surface area contributed by atoms with Gasteiger partial charge in [0.05, 0.1) is 12.5 Å². The largest absolute Gasteiger partial charge is 0.370 e. The number of nitrogens with two attached hydrogens (primary N) is 2. The Morgan fingerprint density at radius 1 is 0.800 bits per heavy atom. The number of benzene rings is 2. The first-order valence-corrected chi connectivity index (χ1v) is 14.4. The number of rotatable bonds is 17. The zero-order chi connectivity index (χ0) is 33.6. The fraction of sp³-hybridized carbons (Fsp3) is 0.387. The number of ketones is 1. The van der Waals surface area contributed by atoms with Gasteiger partial charge in [-0.15, -0.1) is 0 Å². The van der Waals surface area contributed by atoms with Crippen LogP contribution in [0.15, 0.2) is 60.7 Å². The van der Waals surface area contributed by atoms with Gasteiger partial charge in [-0.3, -0.25) is 34.2 Å². The van der Waals surface area contributed by atoms with Crippen LogP contribution in [0.5, 0.6) is 0 Å². The molecule has 2 aromatic carbocycles. The molecule has 0 saturated heterocycles. The van der Waals surface area contributed by atoms with Crippen LogP contribution >= 0.6 is 0 Å². The summed E-state index contributed by atoms with van der Waals surface area (Å²) >= 11 is 0. The summed E-state index contributed by atoms with van der Waals surface area (Å²) in [7, 11) is 0. The molecule has 0 spiro atoms. The van der Waals surface area contributed by atoms with Gasteiger partial charge in [0.15, 0.2) is 5.96 Å². The lowest BCUT2D eigenvalue weighted by atomic mass is 10.0. The molecule has 1 unspecified atom stereocenters. The van der Waals surface area contributed by atoms with Crippen LogP contribution in [0.1, 0.15) is 44.7 Å². The van der Waals surface area contributed by atoms with E-state index in [0.29, 0.717) is 0 Å². The highest BCUT2D eigenvalue weighted by Crippen LogP contribution is 2.07. The van der Waals surface area contributed by atoms with Crippen molar-refractivity contribution in [3.8, 4) is 0 Å². The Kier molecular flexibility index (Phi) is 13.7. The van der Waals surface area contributed by atoms with Crippen LogP contribution in [0.25, 0.3) is 0 Å². The van der Waals surface area contributed by atoms with E-state index in [0.717, 1.165) is 11.1 Å². The van der Waals surface area contributed by atoms with E-state index in [4.69, 9.17) is 16.9 Å². The van der Waals surface area contributed by atoms with Crippen molar-refractivity contribution in [2.75, 3.05) is 6.54 Å². The summed E-state index contributed by atoms with van der Waals surface area (Å²) in [5, 5.41) is 19.8. The van der Waals surface area contributed by atoms with Gasteiger partial charge in [0.1, 0.15) is 17.6 Å². The standard InChI is InChI=1S/C31H42N8O6/c1-19(25(41)28(44)38-22(15-10-16-35-30(33)34)27(43)39-31(2,3)29(32)45)36-26(42)23(17-20-11-6-4-7-12-20)37-24(40)18-21-13-8-5-9-14-21/h4-9,11-14,19,22-23H,10,15-18H2,1-3H3,(H2,32,45)(H,36,42)(H,37,40)(H,38,44)(H,39,43)(H4,33,34,35)/t19?,22-,23-/m0/s1. The van der Waals surface area contributed by atoms with Gasteiger partial charge in [0.25, 0.3) is 5.91 Å². The quantitative estimate of drug-likeness (QED) is 0.0478. The van der Waals surface area contributed by atoms with E-state index in [1.165, 1.54) is 20.8 Å². The van der Waals surface area contributed by atoms with Gasteiger partial charge < -0.3 is 38.1 Å². The summed E-state index contributed by atoms with van der Waals surface area (Å²) in [5.41, 5.74) is 10.7. The first-order valence-electron chi connectivity index (χ1n) is 14.4. The number of nitrogens with one attached hydrogen (secondary N) is 6. The minimum absolute atomic E-state index is 0.0211. The van der Waals surface area contributed by atoms with Gasteiger partial charge in [0.2, 0.25) is 29.4 Å². The van der Waals surface area contributed by atoms with Crippen LogP contribution in [-0.4, -0.2) is 71.5 Å². The number of amides is 5. The minimum Gasteiger partial charge on any atom is -0.370 e. The fourth-order valence-corrected chi connectivity index (χ4v) is 4.15. The molecular weight excluding hydrogens is 580 g/mol. The fourth-order valence-electron chi connectivity index (χ4n) is 4.15. The molecule has 0 aliphatic carbocycles. The number of carbonyl (C=O) groups is 6. The predicted octanol–water partition coefficient (Wildman–Crippen LogP) is -0.841. The van der Waals surface area contributed by atoms with Crippen LogP contribution in [0.4, 0.5) is 0 Å². The maximum atomic E-state index is 13.3. The second-order valence-electron chi connectivity index (χ2n) is 11.1. The summed E-state index contributed by atoms with van der Waals surface area (Å²) in [6, 6.07) is 14.4. The molecular formula is C31H42N8O6. The van der Waals surface area contributed by atoms with Crippen molar-refractivity contribution in [1.82, 2.24) is 26.6 Å². The Balaban J connectivity index is 2.12. The monoisotopic (exact) mass is 622 g/mol. The molecule has 14 nitrogen and oxygen atoms in total. The van der Waals surface area contributed by atoms with Crippen molar-refractivity contribution in [2.24, 2.45) is 11.5 Å². The lowest BCUT2D eigenvalue weighted by Gasteiger charge is -2.26. The molecule has 3 atom stereocenters. The molecule has 0 fully saturated rings. The average Bonchev–Trinajstić information content (AvgIpc) is 2.98. The van der Waals surface area contributed by atoms with Crippen molar-refractivity contribution in [1.29, 1.82) is 5.41 Å². The minimum atomic E-state index is -1.44. The van der Waals surface area contributed by atoms with E-state index < -0.39 is 59.0 Å². The van der Waals surface area contributed by atoms with Gasteiger partial charge in [-0.05, 0) is 44.7 Å². The number of guanidine groups is 1. The molecule has 10 N–H and O–H groups in total. The number of carbonyl (C=O) groups excluding carboxylic acids is 6. The van der Waals surface area contributed by atoms with E-state index in [-0.39, 0.29) is 38.2 Å². The first kappa shape index (κ1) is 35.9. The molecule has 0 aliphatic rings. The molecule has 2 rings (SSSR count). The molecule has 2 aromatic rings. The summed E-state index contributed by atoms with van der Waals surface area (Å²) in [5.74, 6) is -5.12. The van der Waals surface area contributed by atoms with Crippen LogP contribution in [0.3, 0.4) is 0 Å². The Bertz CT molecular complexity index is 1370. The molecule has 0 aliphatic heterocycles. The van der Waals surface area contributed by atoms with Gasteiger partial charge in [-0.25, -0.2) is 0 Å². The molecule has 242 valence electrons. The highest BCUT2D eigenvalue weighted by atomic mass is 16.2. The summed E-state index contributed by atoms with van der Waals surface area (Å²) < 4.78 is 0. The lowest BCUT2D eigenvalue weighted by molar-refractivity contribution is -0.142. The molecule has 0 heterocycles. The van der Waals surface area contributed by atoms with Crippen molar-refractivity contribution in [3.63, 3.8) is 0 Å². The summed E-state index contributed by atoms with van der Waals surface area (Å²) in [6.45, 7) is 4.29. The highest BCUT2D eigenvalue weighted by molar-refractivity contribution is 6.38. The molecule has 0 aromatic heterocycles. The number of hydrogen-bond donors (Lipinski definition) is 8. The second kappa shape index (κ2) is 17.1. The van der Waals surface area contributed by atoms with Crippen molar-refractivity contribution in [2.45, 2.75) is 70.1 Å². The topological polar surface area (TPSA) is 238 Å². The number of Topliss-reactive ketones (excluding diaryl/α,β-unsaturated/α-hetero) is 1. The molecule has 45 heavy (non-hydrogen) atoms. The maximum Gasteiger partial charge on any atom is 0.290 e. The normalized spacial score (nSPS) is 12.9. The smallest absolute Gasteiger partial charge is 0.290 e. The Labute approximate surface area is 262 Å². The SMILES string of the molecule is CC(NC(=O)[C@H](Cc1ccccc1)NC(=O)Cc1ccccc1)C(=O)C(=O)N[C@@H](CCCNC(=N)N)C(=O)NC(C)(C)C(N)=O. The van der Waals surface area contributed by atoms with Crippen LogP contribution in [-0.2, 0) is 41.6 Å². The van der Waals surface area contributed by atoms with Gasteiger partial charge in [-0.1, -0.05) is 60.7 Å². The predicted molar refractivity (Wildman–Crippen MR) is 167 cm³/mol. The van der Waals surface area contributed by atoms with Crippen LogP contribution < -0.4 is 38.1 Å². The molecule has 0 saturated carbocycles. The Morgan fingerprint density at radius 3 is 1.93 bits per heavy atom. The van der Waals surface area contributed by atoms with Crippen molar-refractivity contribution < 1.29 is 28.8 Å². The van der Waals surface area contributed by atoms with Gasteiger partial charge >= 0.3 is 0 Å². The third kappa shape index (κ3) is 12.5. The zero-order valence-corrected chi connectivity index (χ0v) is 25.6. The summed E-state index contributed by atoms with van der Waals surface area (Å²) in [6.07, 6.45) is 0.452. The van der Waals surface area contributed by atoms with E-state index >= 15 is 0 Å². The molecule has 0 bridgehead atoms. The molecule has 5 amide bonds. The zero-order valence-electron chi connectivity index (χ0n) is 25.6. The highest BCUT2D eigenvalue weighted by Gasteiger charge is 2.33. The van der Waals surface area contributed by atoms with Crippen molar-refractivity contribution in [3.05, 3.63) is 71.8 Å². The van der Waals surface area contributed by atoms with Gasteiger partial charge in [-0.2, -0.15) is 0 Å². The van der Waals surface area contributed by atoms with Crippen molar-refractivity contribution >= 4 is 41.3 Å². The third-order valence-electron chi connectivity index (χ3n) is 6.78. The first-order chi connectivity index (χ1) is 21.2. The number of hydrogen-bond acceptors (Lipinski definition) is 7. The Morgan fingerprint density at radius 2 is 1.38 bits per heavy atom. The molecule has 14 heteroatoms. The average molecular weight is 623 g/mol. The van der Waals surface area contributed by atoms with E-state index in [9.17, 15) is 28.8 Å². The lowest BCUT2D eigenvalue weighted by Crippen LogP contribution is -2.59. The van der Waals surface area contributed by atoms with E-state index in [1.807, 2.05) is 12.1 Å². The van der Waals surface area contributed by atoms with E-state index in [1.54, 1.807) is 48.5 Å². The third-order valence-corrected chi connectivity index (χ3v) is 6.78. The maximum absolute atomic E-state index is 13.3. The summed E-state index contributed by atoms with van der Waals surface area (Å²) in [4.78, 5) is 76.7.